The normalized spacial score (nSPS) is 13.0. The summed E-state index contributed by atoms with van der Waals surface area (Å²) >= 11 is 0. The lowest BCUT2D eigenvalue weighted by atomic mass is 10.3. The van der Waals surface area contributed by atoms with Gasteiger partial charge in [-0.05, 0) is 25.1 Å². The van der Waals surface area contributed by atoms with Crippen LogP contribution in [0.25, 0.3) is 0 Å². The molecule has 0 radical (unpaired) electrons. The third-order valence-corrected chi connectivity index (χ3v) is 4.75. The summed E-state index contributed by atoms with van der Waals surface area (Å²) in [6, 6.07) is 1.54. The van der Waals surface area contributed by atoms with Crippen molar-refractivity contribution in [1.82, 2.24) is 4.31 Å². The van der Waals surface area contributed by atoms with Crippen molar-refractivity contribution >= 4 is 27.6 Å². The summed E-state index contributed by atoms with van der Waals surface area (Å²) in [7, 11) is -3.02. The lowest BCUT2D eigenvalue weighted by Crippen LogP contribution is -2.40. The van der Waals surface area contributed by atoms with Crippen molar-refractivity contribution in [3.05, 3.63) is 24.0 Å². The molecule has 116 valence electrons. The molecule has 0 heterocycles. The number of carboxylic acid groups (broad SMARTS) is 1. The lowest BCUT2D eigenvalue weighted by Gasteiger charge is -2.21. The van der Waals surface area contributed by atoms with Gasteiger partial charge in [0.2, 0.25) is 15.9 Å². The average molecular weight is 318 g/mol. The largest absolute Gasteiger partial charge is 0.480 e. The van der Waals surface area contributed by atoms with E-state index in [4.69, 9.17) is 5.11 Å². The molecule has 7 nitrogen and oxygen atoms in total. The molecular formula is C12H15FN2O5S. The highest BCUT2D eigenvalue weighted by molar-refractivity contribution is 7.89. The van der Waals surface area contributed by atoms with Crippen molar-refractivity contribution < 1.29 is 27.5 Å². The smallest absolute Gasteiger partial charge is 0.321 e. The molecule has 1 amide bonds. The third kappa shape index (κ3) is 3.76. The molecule has 0 aliphatic rings. The zero-order chi connectivity index (χ0) is 16.4. The van der Waals surface area contributed by atoms with Gasteiger partial charge in [-0.25, -0.2) is 12.8 Å². The molecule has 1 aromatic rings. The second kappa shape index (κ2) is 6.19. The Bertz CT molecular complexity index is 674. The standard InChI is InChI=1S/C12H15FN2O5S/c1-7(12(17)18)15(3)21(19,20)9-4-5-10(13)11(6-9)14-8(2)16/h4-7H,1-3H3,(H,14,16)(H,17,18). The first-order valence-corrected chi connectivity index (χ1v) is 7.29. The molecule has 2 N–H and O–H groups in total. The van der Waals surface area contributed by atoms with Crippen molar-refractivity contribution in [3.8, 4) is 0 Å². The van der Waals surface area contributed by atoms with Gasteiger partial charge in [0.1, 0.15) is 11.9 Å². The molecule has 0 aliphatic carbocycles. The first-order valence-electron chi connectivity index (χ1n) is 5.85. The minimum Gasteiger partial charge on any atom is -0.480 e. The number of rotatable bonds is 5. The Morgan fingerprint density at radius 2 is 1.95 bits per heavy atom. The minimum absolute atomic E-state index is 0.292. The second-order valence-electron chi connectivity index (χ2n) is 4.36. The zero-order valence-corrected chi connectivity index (χ0v) is 12.4. The van der Waals surface area contributed by atoms with E-state index in [1.807, 2.05) is 0 Å². The van der Waals surface area contributed by atoms with Crippen LogP contribution in [0.4, 0.5) is 10.1 Å². The number of aliphatic carboxylic acids is 1. The first-order chi connectivity index (χ1) is 9.57. The Morgan fingerprint density at radius 1 is 1.38 bits per heavy atom. The van der Waals surface area contributed by atoms with Gasteiger partial charge >= 0.3 is 5.97 Å². The van der Waals surface area contributed by atoms with Crippen LogP contribution in [0, 0.1) is 5.82 Å². The van der Waals surface area contributed by atoms with Crippen molar-refractivity contribution in [3.63, 3.8) is 0 Å². The molecule has 9 heteroatoms. The number of hydrogen-bond donors (Lipinski definition) is 2. The summed E-state index contributed by atoms with van der Waals surface area (Å²) in [6.07, 6.45) is 0. The number of nitrogens with one attached hydrogen (secondary N) is 1. The van der Waals surface area contributed by atoms with Gasteiger partial charge < -0.3 is 10.4 Å². The predicted molar refractivity (Wildman–Crippen MR) is 72.8 cm³/mol. The van der Waals surface area contributed by atoms with Crippen LogP contribution in [0.5, 0.6) is 0 Å². The number of hydrogen-bond acceptors (Lipinski definition) is 4. The quantitative estimate of drug-likeness (QED) is 0.838. The molecule has 1 unspecified atom stereocenters. The number of sulfonamides is 1. The molecule has 0 spiro atoms. The molecule has 1 aromatic carbocycles. The Kier molecular flexibility index (Phi) is 5.02. The lowest BCUT2D eigenvalue weighted by molar-refractivity contribution is -0.140. The first kappa shape index (κ1) is 17.1. The van der Waals surface area contributed by atoms with Gasteiger partial charge in [0.05, 0.1) is 10.6 Å². The predicted octanol–water partition coefficient (Wildman–Crippen LogP) is 0.878. The topological polar surface area (TPSA) is 104 Å². The fourth-order valence-electron chi connectivity index (χ4n) is 1.48. The van der Waals surface area contributed by atoms with Gasteiger partial charge in [0.25, 0.3) is 0 Å². The fourth-order valence-corrected chi connectivity index (χ4v) is 2.83. The van der Waals surface area contributed by atoms with Gasteiger partial charge in [-0.2, -0.15) is 4.31 Å². The number of carboxylic acids is 1. The van der Waals surface area contributed by atoms with Crippen LogP contribution in [-0.2, 0) is 19.6 Å². The molecule has 0 saturated carbocycles. The third-order valence-electron chi connectivity index (χ3n) is 2.83. The number of carbonyl (C=O) groups is 2. The maximum absolute atomic E-state index is 13.5. The summed E-state index contributed by atoms with van der Waals surface area (Å²) in [5.41, 5.74) is -0.292. The number of benzene rings is 1. The summed E-state index contributed by atoms with van der Waals surface area (Å²) in [4.78, 5) is 21.5. The molecule has 0 fully saturated rings. The van der Waals surface area contributed by atoms with E-state index in [2.05, 4.69) is 5.32 Å². The Balaban J connectivity index is 3.26. The summed E-state index contributed by atoms with van der Waals surface area (Å²) in [5.74, 6) is -2.67. The maximum atomic E-state index is 13.5. The summed E-state index contributed by atoms with van der Waals surface area (Å²) in [5, 5.41) is 11.0. The highest BCUT2D eigenvalue weighted by atomic mass is 32.2. The van der Waals surface area contributed by atoms with Gasteiger partial charge in [0.15, 0.2) is 0 Å². The van der Waals surface area contributed by atoms with Crippen LogP contribution in [0.15, 0.2) is 23.1 Å². The Morgan fingerprint density at radius 3 is 2.43 bits per heavy atom. The molecule has 0 saturated heterocycles. The van der Waals surface area contributed by atoms with Gasteiger partial charge in [-0.1, -0.05) is 0 Å². The van der Waals surface area contributed by atoms with Gasteiger partial charge in [0, 0.05) is 14.0 Å². The van der Waals surface area contributed by atoms with E-state index in [0.717, 1.165) is 32.2 Å². The van der Waals surface area contributed by atoms with Gasteiger partial charge in [-0.3, -0.25) is 9.59 Å². The number of amides is 1. The van der Waals surface area contributed by atoms with Crippen molar-refractivity contribution in [2.45, 2.75) is 24.8 Å². The van der Waals surface area contributed by atoms with Crippen LogP contribution in [-0.4, -0.2) is 42.8 Å². The van der Waals surface area contributed by atoms with Crippen molar-refractivity contribution in [1.29, 1.82) is 0 Å². The molecule has 0 aromatic heterocycles. The summed E-state index contributed by atoms with van der Waals surface area (Å²) in [6.45, 7) is 2.36. The molecule has 0 bridgehead atoms. The van der Waals surface area contributed by atoms with Crippen LogP contribution in [0.2, 0.25) is 0 Å². The van der Waals surface area contributed by atoms with E-state index in [1.165, 1.54) is 6.92 Å². The summed E-state index contributed by atoms with van der Waals surface area (Å²) < 4.78 is 38.7. The maximum Gasteiger partial charge on any atom is 0.321 e. The minimum atomic E-state index is -4.12. The Labute approximate surface area is 121 Å². The molecule has 1 atom stereocenters. The molecule has 21 heavy (non-hydrogen) atoms. The molecule has 1 rings (SSSR count). The molecular weight excluding hydrogens is 303 g/mol. The van der Waals surface area contributed by atoms with Crippen molar-refractivity contribution in [2.24, 2.45) is 0 Å². The van der Waals surface area contributed by atoms with Crippen LogP contribution >= 0.6 is 0 Å². The molecule has 0 aliphatic heterocycles. The van der Waals surface area contributed by atoms with E-state index < -0.39 is 33.8 Å². The van der Waals surface area contributed by atoms with E-state index in [0.29, 0.717) is 4.31 Å². The SMILES string of the molecule is CC(=O)Nc1cc(S(=O)(=O)N(C)C(C)C(=O)O)ccc1F. The second-order valence-corrected chi connectivity index (χ2v) is 6.36. The fraction of sp³-hybridized carbons (Fsp3) is 0.333. The van der Waals surface area contributed by atoms with E-state index in [1.54, 1.807) is 0 Å². The van der Waals surface area contributed by atoms with Crippen LogP contribution < -0.4 is 5.32 Å². The van der Waals surface area contributed by atoms with E-state index in [-0.39, 0.29) is 10.6 Å². The van der Waals surface area contributed by atoms with Crippen LogP contribution in [0.1, 0.15) is 13.8 Å². The number of carbonyl (C=O) groups excluding carboxylic acids is 1. The Hall–Kier alpha value is -2.00. The number of nitrogens with zero attached hydrogens (tertiary/aromatic N) is 1. The highest BCUT2D eigenvalue weighted by Crippen LogP contribution is 2.23. The van der Waals surface area contributed by atoms with E-state index in [9.17, 15) is 22.4 Å². The average Bonchev–Trinajstić information content (AvgIpc) is 2.38. The monoisotopic (exact) mass is 318 g/mol. The van der Waals surface area contributed by atoms with Gasteiger partial charge in [-0.15, -0.1) is 0 Å². The highest BCUT2D eigenvalue weighted by Gasteiger charge is 2.30. The van der Waals surface area contributed by atoms with Crippen LogP contribution in [0.3, 0.4) is 0 Å². The van der Waals surface area contributed by atoms with E-state index >= 15 is 0 Å². The number of likely N-dealkylation sites (N-methyl/N-ethyl adjacent to an activating group) is 1. The zero-order valence-electron chi connectivity index (χ0n) is 11.6. The number of halogens is 1. The van der Waals surface area contributed by atoms with Crippen molar-refractivity contribution in [2.75, 3.05) is 12.4 Å². The number of anilines is 1.